The zero-order valence-corrected chi connectivity index (χ0v) is 30.0. The Hall–Kier alpha value is -4.10. The lowest BCUT2D eigenvalue weighted by Crippen LogP contribution is -2.00. The number of aromatic nitrogens is 2. The largest absolute Gasteiger partial charge is 0.296 e. The highest BCUT2D eigenvalue weighted by molar-refractivity contribution is 7.87. The van der Waals surface area contributed by atoms with E-state index in [4.69, 9.17) is 0 Å². The molecule has 0 saturated carbocycles. The second kappa shape index (κ2) is 12.3. The van der Waals surface area contributed by atoms with Gasteiger partial charge in [0.25, 0.3) is 40.5 Å². The minimum atomic E-state index is -5.00. The number of rotatable bonds is 8. The SMILES string of the molecule is Cc1ccc2nc(-c3ccc(/N=N/c4ccc(-c5nc6ccc(C)c(S(=O)(=O)O)c6s5)cc4S(=O)(=O)O)c(S(=O)(=O)O)c3)sc2c1S(=O)(=O)O. The molecule has 0 aliphatic carbocycles. The lowest BCUT2D eigenvalue weighted by Gasteiger charge is -2.06. The molecule has 2 heterocycles. The van der Waals surface area contributed by atoms with E-state index in [-0.39, 0.29) is 62.5 Å². The Morgan fingerprint density at radius 3 is 1.20 bits per heavy atom. The highest BCUT2D eigenvalue weighted by Crippen LogP contribution is 2.40. The van der Waals surface area contributed by atoms with Gasteiger partial charge in [0.1, 0.15) is 41.0 Å². The molecule has 16 nitrogen and oxygen atoms in total. The van der Waals surface area contributed by atoms with Crippen LogP contribution in [0.3, 0.4) is 0 Å². The van der Waals surface area contributed by atoms with Crippen molar-refractivity contribution < 1.29 is 51.9 Å². The fourth-order valence-corrected chi connectivity index (χ4v) is 10.9. The predicted octanol–water partition coefficient (Wildman–Crippen LogP) is 6.26. The van der Waals surface area contributed by atoms with E-state index in [1.165, 1.54) is 50.2 Å². The van der Waals surface area contributed by atoms with Gasteiger partial charge >= 0.3 is 0 Å². The van der Waals surface area contributed by atoms with E-state index in [0.29, 0.717) is 0 Å². The van der Waals surface area contributed by atoms with Crippen LogP contribution in [0, 0.1) is 13.8 Å². The molecular weight excluding hydrogens is 777 g/mol. The highest BCUT2D eigenvalue weighted by Gasteiger charge is 2.25. The second-order valence-electron chi connectivity index (χ2n) is 10.6. The fraction of sp³-hybridized carbons (Fsp3) is 0.0714. The van der Waals surface area contributed by atoms with Crippen molar-refractivity contribution in [3.63, 3.8) is 0 Å². The number of nitrogens with zero attached hydrogens (tertiary/aromatic N) is 4. The number of aryl methyl sites for hydroxylation is 2. The Balaban J connectivity index is 1.42. The monoisotopic (exact) mass is 796 g/mol. The quantitative estimate of drug-likeness (QED) is 0.0978. The molecule has 0 fully saturated rings. The first-order valence-electron chi connectivity index (χ1n) is 13.5. The predicted molar refractivity (Wildman–Crippen MR) is 183 cm³/mol. The standard InChI is InChI=1S/C28H20N4O12S6/c1-13-3-7-19-23(25(13)49(39,40)41)45-27(29-19)15-5-9-17(21(11-15)47(33,34)35)31-32-18-10-6-16(12-22(18)48(36,37)38)28-30-20-8-4-14(2)26(24(20)46-28)50(42,43)44/h3-12H,1-2H3,(H,33,34,35)(H,36,37,38)(H,39,40,41)(H,42,43,44)/b32-31+. The van der Waals surface area contributed by atoms with Gasteiger partial charge in [0.05, 0.1) is 20.4 Å². The molecule has 0 atom stereocenters. The molecule has 0 aliphatic rings. The first-order chi connectivity index (χ1) is 23.1. The van der Waals surface area contributed by atoms with Crippen molar-refractivity contribution in [3.05, 3.63) is 71.8 Å². The summed E-state index contributed by atoms with van der Waals surface area (Å²) in [6.07, 6.45) is 0. The van der Waals surface area contributed by atoms with Crippen LogP contribution in [-0.2, 0) is 40.5 Å². The van der Waals surface area contributed by atoms with Gasteiger partial charge in [-0.25, -0.2) is 9.97 Å². The van der Waals surface area contributed by atoms with Gasteiger partial charge in [-0.2, -0.15) is 33.7 Å². The average Bonchev–Trinajstić information content (AvgIpc) is 3.62. The zero-order chi connectivity index (χ0) is 36.6. The highest BCUT2D eigenvalue weighted by atomic mass is 32.2. The van der Waals surface area contributed by atoms with E-state index in [1.807, 2.05) is 0 Å². The zero-order valence-electron chi connectivity index (χ0n) is 25.1. The molecule has 4 N–H and O–H groups in total. The smallest absolute Gasteiger partial charge is 0.282 e. The van der Waals surface area contributed by atoms with Gasteiger partial charge in [-0.3, -0.25) is 18.2 Å². The molecule has 0 saturated heterocycles. The Morgan fingerprint density at radius 2 is 0.880 bits per heavy atom. The van der Waals surface area contributed by atoms with Crippen LogP contribution in [-0.4, -0.2) is 61.9 Å². The van der Waals surface area contributed by atoms with Crippen LogP contribution in [0.15, 0.2) is 90.5 Å². The van der Waals surface area contributed by atoms with Crippen molar-refractivity contribution in [1.82, 2.24) is 9.97 Å². The minimum Gasteiger partial charge on any atom is -0.282 e. The molecule has 0 aliphatic heterocycles. The summed E-state index contributed by atoms with van der Waals surface area (Å²) in [4.78, 5) is 6.39. The maximum Gasteiger partial charge on any atom is 0.296 e. The third-order valence-electron chi connectivity index (χ3n) is 7.17. The van der Waals surface area contributed by atoms with Crippen LogP contribution < -0.4 is 0 Å². The molecule has 0 amide bonds. The van der Waals surface area contributed by atoms with Crippen molar-refractivity contribution in [3.8, 4) is 21.1 Å². The van der Waals surface area contributed by atoms with Crippen molar-refractivity contribution >= 4 is 95.0 Å². The number of thiazole rings is 2. The van der Waals surface area contributed by atoms with Gasteiger partial charge in [-0.1, -0.05) is 12.1 Å². The minimum absolute atomic E-state index is 0.112. The van der Waals surface area contributed by atoms with Crippen molar-refractivity contribution in [2.75, 3.05) is 0 Å². The van der Waals surface area contributed by atoms with Crippen LogP contribution in [0.5, 0.6) is 0 Å². The summed E-state index contributed by atoms with van der Waals surface area (Å²) in [5, 5.41) is 7.88. The maximum atomic E-state index is 12.4. The van der Waals surface area contributed by atoms with Gasteiger partial charge in [0, 0.05) is 11.1 Å². The lowest BCUT2D eigenvalue weighted by atomic mass is 10.2. The van der Waals surface area contributed by atoms with Gasteiger partial charge in [-0.05, 0) is 73.5 Å². The summed E-state index contributed by atoms with van der Waals surface area (Å²) in [7, 11) is -19.3. The number of hydrogen-bond acceptors (Lipinski definition) is 14. The van der Waals surface area contributed by atoms with Crippen LogP contribution in [0.4, 0.5) is 11.4 Å². The van der Waals surface area contributed by atoms with Gasteiger partial charge in [-0.15, -0.1) is 32.9 Å². The van der Waals surface area contributed by atoms with E-state index >= 15 is 0 Å². The number of benzene rings is 4. The van der Waals surface area contributed by atoms with E-state index in [0.717, 1.165) is 46.9 Å². The van der Waals surface area contributed by atoms with E-state index < -0.39 is 61.6 Å². The van der Waals surface area contributed by atoms with E-state index in [2.05, 4.69) is 20.2 Å². The average molecular weight is 797 g/mol. The van der Waals surface area contributed by atoms with Crippen LogP contribution in [0.2, 0.25) is 0 Å². The first-order valence-corrected chi connectivity index (χ1v) is 20.9. The normalized spacial score (nSPS) is 13.2. The Morgan fingerprint density at radius 1 is 0.520 bits per heavy atom. The van der Waals surface area contributed by atoms with Crippen molar-refractivity contribution in [2.24, 2.45) is 10.2 Å². The molecule has 4 aromatic carbocycles. The molecule has 260 valence electrons. The lowest BCUT2D eigenvalue weighted by molar-refractivity contribution is 0.481. The van der Waals surface area contributed by atoms with Crippen molar-refractivity contribution in [2.45, 2.75) is 33.4 Å². The maximum absolute atomic E-state index is 12.4. The van der Waals surface area contributed by atoms with Crippen LogP contribution >= 0.6 is 22.7 Å². The fourth-order valence-electron chi connectivity index (χ4n) is 5.00. The Labute approximate surface area is 291 Å². The molecule has 0 bridgehead atoms. The third kappa shape index (κ3) is 6.81. The summed E-state index contributed by atoms with van der Waals surface area (Å²) in [6, 6.07) is 12.8. The molecule has 0 unspecified atom stereocenters. The third-order valence-corrected chi connectivity index (χ3v) is 13.6. The number of hydrogen-bond donors (Lipinski definition) is 4. The summed E-state index contributed by atoms with van der Waals surface area (Å²) in [6.45, 7) is 2.95. The summed E-state index contributed by atoms with van der Waals surface area (Å²) in [5.74, 6) is 0. The molecule has 6 aromatic rings. The Kier molecular flexibility index (Phi) is 8.78. The molecule has 22 heteroatoms. The first kappa shape index (κ1) is 35.7. The van der Waals surface area contributed by atoms with E-state index in [1.54, 1.807) is 0 Å². The van der Waals surface area contributed by atoms with Gasteiger partial charge in [0.2, 0.25) is 0 Å². The summed E-state index contributed by atoms with van der Waals surface area (Å²) < 4.78 is 137. The molecule has 2 aromatic heterocycles. The molecule has 50 heavy (non-hydrogen) atoms. The Bertz CT molecular complexity index is 2700. The molecule has 0 spiro atoms. The molecule has 0 radical (unpaired) electrons. The van der Waals surface area contributed by atoms with E-state index in [9.17, 15) is 51.9 Å². The summed E-state index contributed by atoms with van der Waals surface area (Å²) in [5.41, 5.74) is 0.230. The van der Waals surface area contributed by atoms with Crippen molar-refractivity contribution in [1.29, 1.82) is 0 Å². The van der Waals surface area contributed by atoms with Gasteiger partial charge < -0.3 is 0 Å². The summed E-state index contributed by atoms with van der Waals surface area (Å²) >= 11 is 1.68. The topological polar surface area (TPSA) is 268 Å². The number of azo groups is 1. The van der Waals surface area contributed by atoms with Gasteiger partial charge in [0.15, 0.2) is 0 Å². The number of fused-ring (bicyclic) bond motifs is 2. The molecule has 6 rings (SSSR count). The van der Waals surface area contributed by atoms with Crippen LogP contribution in [0.1, 0.15) is 11.1 Å². The molecular formula is C28H20N4O12S6. The second-order valence-corrected chi connectivity index (χ2v) is 18.1. The van der Waals surface area contributed by atoms with Crippen LogP contribution in [0.25, 0.3) is 41.6 Å².